The normalized spacial score (nSPS) is 22.3. The van der Waals surface area contributed by atoms with Crippen LogP contribution in [0.15, 0.2) is 12.2 Å². The van der Waals surface area contributed by atoms with E-state index in [-0.39, 0.29) is 18.7 Å². The maximum atomic E-state index is 10.4. The molecule has 1 unspecified atom stereocenters. The van der Waals surface area contributed by atoms with Gasteiger partial charge in [0.25, 0.3) is 0 Å². The Balaban J connectivity index is 2.04. The summed E-state index contributed by atoms with van der Waals surface area (Å²) in [5.41, 5.74) is 0.617. The fourth-order valence-electron chi connectivity index (χ4n) is 0.691. The van der Waals surface area contributed by atoms with Crippen molar-refractivity contribution in [1.82, 2.24) is 5.32 Å². The van der Waals surface area contributed by atoms with Crippen molar-refractivity contribution in [2.24, 2.45) is 0 Å². The smallest absolute Gasteiger partial charge is 0.226 e. The second kappa shape index (κ2) is 3.50. The summed E-state index contributed by atoms with van der Waals surface area (Å²) in [5.74, 6) is 0.00427. The summed E-state index contributed by atoms with van der Waals surface area (Å²) >= 11 is 0. The Kier molecular flexibility index (Phi) is 2.62. The Labute approximate surface area is 64.9 Å². The minimum atomic E-state index is -0.175. The van der Waals surface area contributed by atoms with Gasteiger partial charge in [-0.25, -0.2) is 0 Å². The van der Waals surface area contributed by atoms with E-state index in [1.165, 1.54) is 0 Å². The summed E-state index contributed by atoms with van der Waals surface area (Å²) in [7, 11) is 0. The summed E-state index contributed by atoms with van der Waals surface area (Å²) in [5, 5.41) is 11.1. The van der Waals surface area contributed by atoms with Gasteiger partial charge in [-0.2, -0.15) is 0 Å². The molecule has 1 saturated heterocycles. The second-order valence-electron chi connectivity index (χ2n) is 2.48. The average Bonchev–Trinajstić information content (AvgIpc) is 1.95. The van der Waals surface area contributed by atoms with Crippen LogP contribution < -0.4 is 5.32 Å². The zero-order chi connectivity index (χ0) is 8.27. The quantitative estimate of drug-likeness (QED) is 0.423. The lowest BCUT2D eigenvalue weighted by Crippen LogP contribution is -2.50. The van der Waals surface area contributed by atoms with Crippen LogP contribution >= 0.6 is 0 Å². The number of carbonyl (C=O) groups excluding carboxylic acids is 1. The van der Waals surface area contributed by atoms with Gasteiger partial charge in [-0.3, -0.25) is 4.79 Å². The number of carbonyl (C=O) groups is 1. The van der Waals surface area contributed by atoms with Gasteiger partial charge >= 0.3 is 0 Å². The Bertz CT molecular complexity index is 171. The fourth-order valence-corrected chi connectivity index (χ4v) is 0.691. The molecule has 0 bridgehead atoms. The van der Waals surface area contributed by atoms with Crippen molar-refractivity contribution in [3.8, 4) is 0 Å². The van der Waals surface area contributed by atoms with Crippen molar-refractivity contribution in [2.75, 3.05) is 13.2 Å². The van der Waals surface area contributed by atoms with Crippen LogP contribution in [0.25, 0.3) is 0 Å². The first-order chi connectivity index (χ1) is 5.22. The Morgan fingerprint density at radius 3 is 3.00 bits per heavy atom. The lowest BCUT2D eigenvalue weighted by Gasteiger charge is -2.26. The van der Waals surface area contributed by atoms with Gasteiger partial charge in [0.15, 0.2) is 0 Å². The maximum absolute atomic E-state index is 10.4. The third-order valence-corrected chi connectivity index (χ3v) is 1.41. The molecule has 0 aliphatic carbocycles. The van der Waals surface area contributed by atoms with Gasteiger partial charge in [-0.15, -0.1) is 0 Å². The molecule has 0 aromatic carbocycles. The number of ether oxygens (including phenoxy) is 1. The zero-order valence-corrected chi connectivity index (χ0v) is 6.17. The minimum absolute atomic E-state index is 0.00427. The van der Waals surface area contributed by atoms with Crippen molar-refractivity contribution < 1.29 is 14.6 Å². The summed E-state index contributed by atoms with van der Waals surface area (Å²) < 4.78 is 5.11. The van der Waals surface area contributed by atoms with E-state index < -0.39 is 0 Å². The summed E-state index contributed by atoms with van der Waals surface area (Å²) in [6.07, 6.45) is 0.240. The van der Waals surface area contributed by atoms with E-state index in [2.05, 4.69) is 11.9 Å². The first-order valence-electron chi connectivity index (χ1n) is 3.41. The molecule has 1 aliphatic heterocycles. The van der Waals surface area contributed by atoms with E-state index >= 15 is 0 Å². The predicted octanol–water partition coefficient (Wildman–Crippen LogP) is -0.603. The van der Waals surface area contributed by atoms with Crippen molar-refractivity contribution in [3.05, 3.63) is 12.2 Å². The van der Waals surface area contributed by atoms with Gasteiger partial charge < -0.3 is 15.2 Å². The average molecular weight is 157 g/mol. The number of β-lactam (4-membered cyclic amide) rings is 1. The van der Waals surface area contributed by atoms with Crippen molar-refractivity contribution in [2.45, 2.75) is 12.6 Å². The van der Waals surface area contributed by atoms with Crippen molar-refractivity contribution >= 4 is 5.91 Å². The number of amides is 1. The van der Waals surface area contributed by atoms with Gasteiger partial charge in [-0.05, 0) is 5.57 Å². The molecule has 4 heteroatoms. The summed E-state index contributed by atoms with van der Waals surface area (Å²) in [6, 6.07) is 0. The maximum Gasteiger partial charge on any atom is 0.226 e. The third kappa shape index (κ3) is 2.32. The van der Waals surface area contributed by atoms with Crippen LogP contribution in [0.5, 0.6) is 0 Å². The Morgan fingerprint density at radius 2 is 2.55 bits per heavy atom. The Hall–Kier alpha value is -0.870. The number of hydrogen-bond donors (Lipinski definition) is 2. The fraction of sp³-hybridized carbons (Fsp3) is 0.571. The van der Waals surface area contributed by atoms with Crippen LogP contribution in [0.2, 0.25) is 0 Å². The predicted molar refractivity (Wildman–Crippen MR) is 38.7 cm³/mol. The van der Waals surface area contributed by atoms with Crippen LogP contribution in [0.4, 0.5) is 0 Å². The highest BCUT2D eigenvalue weighted by atomic mass is 16.5. The molecule has 1 atom stereocenters. The van der Waals surface area contributed by atoms with Crippen LogP contribution in [-0.2, 0) is 9.53 Å². The first-order valence-corrected chi connectivity index (χ1v) is 3.41. The SMILES string of the molecule is C=C(CO)COC1CC(=O)N1. The van der Waals surface area contributed by atoms with Crippen molar-refractivity contribution in [3.63, 3.8) is 0 Å². The molecule has 0 aromatic rings. The molecular weight excluding hydrogens is 146 g/mol. The standard InChI is InChI=1S/C7H11NO3/c1-5(3-9)4-11-7-2-6(10)8-7/h7,9H,1-4H2,(H,8,10). The van der Waals surface area contributed by atoms with Crippen LogP contribution in [0.1, 0.15) is 6.42 Å². The molecule has 1 aliphatic rings. The van der Waals surface area contributed by atoms with E-state index in [0.29, 0.717) is 18.6 Å². The van der Waals surface area contributed by atoms with Gasteiger partial charge in [0.1, 0.15) is 6.23 Å². The molecule has 2 N–H and O–H groups in total. The molecule has 1 heterocycles. The van der Waals surface area contributed by atoms with Gasteiger partial charge in [0.05, 0.1) is 19.6 Å². The van der Waals surface area contributed by atoms with Gasteiger partial charge in [0, 0.05) is 0 Å². The van der Waals surface area contributed by atoms with E-state index in [1.54, 1.807) is 0 Å². The van der Waals surface area contributed by atoms with Crippen LogP contribution in [0.3, 0.4) is 0 Å². The van der Waals surface area contributed by atoms with Crippen LogP contribution in [0, 0.1) is 0 Å². The summed E-state index contributed by atoms with van der Waals surface area (Å²) in [6.45, 7) is 3.77. The highest BCUT2D eigenvalue weighted by molar-refractivity contribution is 5.82. The summed E-state index contributed by atoms with van der Waals surface area (Å²) in [4.78, 5) is 10.4. The lowest BCUT2D eigenvalue weighted by molar-refractivity contribution is -0.139. The van der Waals surface area contributed by atoms with E-state index in [0.717, 1.165) is 0 Å². The molecule has 1 fully saturated rings. The Morgan fingerprint density at radius 1 is 1.91 bits per heavy atom. The molecule has 62 valence electrons. The lowest BCUT2D eigenvalue weighted by atomic mass is 10.2. The van der Waals surface area contributed by atoms with E-state index in [1.807, 2.05) is 0 Å². The van der Waals surface area contributed by atoms with Gasteiger partial charge in [0.2, 0.25) is 5.91 Å². The zero-order valence-electron chi connectivity index (χ0n) is 6.17. The van der Waals surface area contributed by atoms with E-state index in [4.69, 9.17) is 9.84 Å². The molecule has 1 amide bonds. The number of aliphatic hydroxyl groups is 1. The second-order valence-corrected chi connectivity index (χ2v) is 2.48. The van der Waals surface area contributed by atoms with E-state index in [9.17, 15) is 4.79 Å². The van der Waals surface area contributed by atoms with Gasteiger partial charge in [-0.1, -0.05) is 6.58 Å². The number of aliphatic hydroxyl groups excluding tert-OH is 1. The van der Waals surface area contributed by atoms with Crippen molar-refractivity contribution in [1.29, 1.82) is 0 Å². The molecule has 11 heavy (non-hydrogen) atoms. The molecular formula is C7H11NO3. The third-order valence-electron chi connectivity index (χ3n) is 1.41. The molecule has 1 rings (SSSR count). The molecule has 0 radical (unpaired) electrons. The number of rotatable bonds is 4. The molecule has 0 aromatic heterocycles. The number of hydrogen-bond acceptors (Lipinski definition) is 3. The molecule has 0 spiro atoms. The minimum Gasteiger partial charge on any atom is -0.392 e. The monoisotopic (exact) mass is 157 g/mol. The molecule has 0 saturated carbocycles. The van der Waals surface area contributed by atoms with Crippen LogP contribution in [-0.4, -0.2) is 30.5 Å². The first kappa shape index (κ1) is 8.23. The highest BCUT2D eigenvalue weighted by Crippen LogP contribution is 2.06. The molecule has 4 nitrogen and oxygen atoms in total. The largest absolute Gasteiger partial charge is 0.392 e. The topological polar surface area (TPSA) is 58.6 Å². The number of nitrogens with one attached hydrogen (secondary N) is 1. The highest BCUT2D eigenvalue weighted by Gasteiger charge is 2.25.